The van der Waals surface area contributed by atoms with E-state index in [0.717, 1.165) is 0 Å². The first-order chi connectivity index (χ1) is 10.2. The van der Waals surface area contributed by atoms with Crippen LogP contribution in [0.2, 0.25) is 0 Å². The van der Waals surface area contributed by atoms with Crippen molar-refractivity contribution in [2.45, 2.75) is 6.54 Å². The second kappa shape index (κ2) is 6.71. The number of rotatable bonds is 6. The van der Waals surface area contributed by atoms with Crippen molar-refractivity contribution >= 4 is 11.6 Å². The number of carbonyl (C=O) groups excluding carboxylic acids is 1. The van der Waals surface area contributed by atoms with Gasteiger partial charge in [-0.1, -0.05) is 5.21 Å². The van der Waals surface area contributed by atoms with E-state index in [0.29, 0.717) is 30.3 Å². The molecule has 0 bridgehead atoms. The van der Waals surface area contributed by atoms with Crippen molar-refractivity contribution in [1.82, 2.24) is 15.0 Å². The predicted octanol–water partition coefficient (Wildman–Crippen LogP) is 0.506. The summed E-state index contributed by atoms with van der Waals surface area (Å²) in [6.07, 6.45) is 1.54. The van der Waals surface area contributed by atoms with Gasteiger partial charge < -0.3 is 20.5 Å². The molecule has 0 atom stereocenters. The van der Waals surface area contributed by atoms with E-state index >= 15 is 0 Å². The van der Waals surface area contributed by atoms with Gasteiger partial charge in [-0.2, -0.15) is 0 Å². The maximum absolute atomic E-state index is 12.1. The molecule has 112 valence electrons. The van der Waals surface area contributed by atoms with Crippen LogP contribution in [0.1, 0.15) is 10.5 Å². The fraction of sp³-hybridized carbons (Fsp3) is 0.308. The maximum atomic E-state index is 12.1. The van der Waals surface area contributed by atoms with Gasteiger partial charge in [-0.05, 0) is 12.1 Å². The van der Waals surface area contributed by atoms with Gasteiger partial charge in [-0.15, -0.1) is 5.10 Å². The summed E-state index contributed by atoms with van der Waals surface area (Å²) >= 11 is 0. The Balaban J connectivity index is 2.17. The lowest BCUT2D eigenvalue weighted by Crippen LogP contribution is -2.13. The van der Waals surface area contributed by atoms with Crippen LogP contribution in [0.3, 0.4) is 0 Å². The Morgan fingerprint density at radius 3 is 2.86 bits per heavy atom. The van der Waals surface area contributed by atoms with Crippen LogP contribution in [0.4, 0.5) is 5.69 Å². The summed E-state index contributed by atoms with van der Waals surface area (Å²) in [5.74, 6) is 0.751. The summed E-state index contributed by atoms with van der Waals surface area (Å²) in [5.41, 5.74) is 6.12. The van der Waals surface area contributed by atoms with Crippen molar-refractivity contribution in [3.63, 3.8) is 0 Å². The van der Waals surface area contributed by atoms with Crippen LogP contribution in [0.25, 0.3) is 0 Å². The second-order valence-electron chi connectivity index (χ2n) is 4.18. The van der Waals surface area contributed by atoms with Gasteiger partial charge in [0.2, 0.25) is 0 Å². The number of methoxy groups -OCH3 is 2. The zero-order chi connectivity index (χ0) is 15.2. The Hall–Kier alpha value is -2.61. The minimum absolute atomic E-state index is 0.202. The van der Waals surface area contributed by atoms with E-state index in [4.69, 9.17) is 15.2 Å². The minimum Gasteiger partial charge on any atom is -0.497 e. The lowest BCUT2D eigenvalue weighted by molar-refractivity contribution is 0.102. The topological polar surface area (TPSA) is 104 Å². The molecule has 0 unspecified atom stereocenters. The molecule has 1 aromatic heterocycles. The molecule has 0 radical (unpaired) electrons. The predicted molar refractivity (Wildman–Crippen MR) is 76.6 cm³/mol. The molecule has 0 aliphatic rings. The number of nitrogens with zero attached hydrogens (tertiary/aromatic N) is 3. The van der Waals surface area contributed by atoms with Crippen LogP contribution in [-0.4, -0.2) is 41.7 Å². The third-order valence-corrected chi connectivity index (χ3v) is 2.78. The third kappa shape index (κ3) is 3.48. The SMILES string of the molecule is COc1ccc(OC)c(NC(=O)c2cn(CCN)nn2)c1. The van der Waals surface area contributed by atoms with Gasteiger partial charge in [0.25, 0.3) is 5.91 Å². The Morgan fingerprint density at radius 2 is 2.19 bits per heavy atom. The largest absolute Gasteiger partial charge is 0.497 e. The van der Waals surface area contributed by atoms with E-state index < -0.39 is 0 Å². The molecule has 0 aliphatic carbocycles. The summed E-state index contributed by atoms with van der Waals surface area (Å²) < 4.78 is 11.8. The Kier molecular flexibility index (Phi) is 4.72. The van der Waals surface area contributed by atoms with Gasteiger partial charge in [0.1, 0.15) is 11.5 Å². The first kappa shape index (κ1) is 14.8. The summed E-state index contributed by atoms with van der Waals surface area (Å²) in [7, 11) is 3.07. The molecule has 3 N–H and O–H groups in total. The number of aromatic nitrogens is 3. The maximum Gasteiger partial charge on any atom is 0.277 e. The molecule has 1 amide bonds. The highest BCUT2D eigenvalue weighted by atomic mass is 16.5. The number of anilines is 1. The standard InChI is InChI=1S/C13H17N5O3/c1-20-9-3-4-12(21-2)10(7-9)15-13(19)11-8-18(6-5-14)17-16-11/h3-4,7-8H,5-6,14H2,1-2H3,(H,15,19). The highest BCUT2D eigenvalue weighted by Crippen LogP contribution is 2.29. The van der Waals surface area contributed by atoms with Crippen LogP contribution < -0.4 is 20.5 Å². The summed E-state index contributed by atoms with van der Waals surface area (Å²) in [4.78, 5) is 12.1. The first-order valence-electron chi connectivity index (χ1n) is 6.31. The van der Waals surface area contributed by atoms with E-state index in [9.17, 15) is 4.79 Å². The van der Waals surface area contributed by atoms with Gasteiger partial charge in [-0.3, -0.25) is 9.48 Å². The van der Waals surface area contributed by atoms with Gasteiger partial charge in [0.05, 0.1) is 32.6 Å². The molecular weight excluding hydrogens is 274 g/mol. The fourth-order valence-electron chi connectivity index (χ4n) is 1.74. The van der Waals surface area contributed by atoms with Crippen LogP contribution in [0, 0.1) is 0 Å². The van der Waals surface area contributed by atoms with Gasteiger partial charge in [-0.25, -0.2) is 0 Å². The average Bonchev–Trinajstić information content (AvgIpc) is 2.96. The highest BCUT2D eigenvalue weighted by molar-refractivity contribution is 6.03. The molecule has 0 fully saturated rings. The van der Waals surface area contributed by atoms with E-state index in [2.05, 4.69) is 15.6 Å². The van der Waals surface area contributed by atoms with E-state index in [1.54, 1.807) is 25.3 Å². The van der Waals surface area contributed by atoms with Crippen molar-refractivity contribution in [3.05, 3.63) is 30.1 Å². The van der Waals surface area contributed by atoms with Crippen LogP contribution >= 0.6 is 0 Å². The molecule has 21 heavy (non-hydrogen) atoms. The normalized spacial score (nSPS) is 10.2. The number of carbonyl (C=O) groups is 1. The number of benzene rings is 1. The number of amides is 1. The van der Waals surface area contributed by atoms with E-state index in [1.165, 1.54) is 18.0 Å². The number of hydrogen-bond donors (Lipinski definition) is 2. The number of nitrogens with one attached hydrogen (secondary N) is 1. The molecule has 8 nitrogen and oxygen atoms in total. The van der Waals surface area contributed by atoms with Crippen molar-refractivity contribution in [3.8, 4) is 11.5 Å². The highest BCUT2D eigenvalue weighted by Gasteiger charge is 2.14. The molecular formula is C13H17N5O3. The summed E-state index contributed by atoms with van der Waals surface area (Å²) in [6, 6.07) is 5.12. The fourth-order valence-corrected chi connectivity index (χ4v) is 1.74. The average molecular weight is 291 g/mol. The third-order valence-electron chi connectivity index (χ3n) is 2.78. The smallest absolute Gasteiger partial charge is 0.277 e. The van der Waals surface area contributed by atoms with Crippen molar-refractivity contribution in [2.75, 3.05) is 26.1 Å². The summed E-state index contributed by atoms with van der Waals surface area (Å²) in [5, 5.41) is 10.3. The van der Waals surface area contributed by atoms with Crippen LogP contribution in [0.15, 0.2) is 24.4 Å². The number of hydrogen-bond acceptors (Lipinski definition) is 6. The van der Waals surface area contributed by atoms with Crippen molar-refractivity contribution < 1.29 is 14.3 Å². The monoisotopic (exact) mass is 291 g/mol. The molecule has 0 saturated heterocycles. The minimum atomic E-state index is -0.384. The molecule has 1 heterocycles. The second-order valence-corrected chi connectivity index (χ2v) is 4.18. The number of ether oxygens (including phenoxy) is 2. The molecule has 2 aromatic rings. The van der Waals surface area contributed by atoms with Gasteiger partial charge >= 0.3 is 0 Å². The molecule has 2 rings (SSSR count). The lowest BCUT2D eigenvalue weighted by atomic mass is 10.2. The van der Waals surface area contributed by atoms with Crippen LogP contribution in [-0.2, 0) is 6.54 Å². The van der Waals surface area contributed by atoms with Gasteiger partial charge in [0, 0.05) is 12.6 Å². The first-order valence-corrected chi connectivity index (χ1v) is 6.31. The Morgan fingerprint density at radius 1 is 1.38 bits per heavy atom. The zero-order valence-electron chi connectivity index (χ0n) is 11.9. The van der Waals surface area contributed by atoms with E-state index in [-0.39, 0.29) is 11.6 Å². The zero-order valence-corrected chi connectivity index (χ0v) is 11.9. The Labute approximate surface area is 121 Å². The molecule has 0 saturated carbocycles. The molecule has 0 spiro atoms. The van der Waals surface area contributed by atoms with Crippen molar-refractivity contribution in [1.29, 1.82) is 0 Å². The van der Waals surface area contributed by atoms with E-state index in [1.807, 2.05) is 0 Å². The Bertz CT molecular complexity index is 626. The quantitative estimate of drug-likeness (QED) is 0.803. The molecule has 1 aromatic carbocycles. The lowest BCUT2D eigenvalue weighted by Gasteiger charge is -2.10. The summed E-state index contributed by atoms with van der Waals surface area (Å²) in [6.45, 7) is 0.927. The van der Waals surface area contributed by atoms with Crippen molar-refractivity contribution in [2.24, 2.45) is 5.73 Å². The van der Waals surface area contributed by atoms with Crippen LogP contribution in [0.5, 0.6) is 11.5 Å². The van der Waals surface area contributed by atoms with Gasteiger partial charge in [0.15, 0.2) is 5.69 Å². The molecule has 8 heteroatoms. The number of nitrogens with two attached hydrogens (primary N) is 1. The molecule has 0 aliphatic heterocycles.